The molecule has 0 saturated heterocycles. The SMILES string of the molecule is CC(C)c1cccc(C(C)C)c1NC(=O)C(C)(C)CCCOc1ccc2c(c1)OC(CCc1ccccc1)C(c1nccn1C)=C2. The van der Waals surface area contributed by atoms with Crippen molar-refractivity contribution in [1.29, 1.82) is 0 Å². The molecule has 1 aliphatic heterocycles. The Kier molecular flexibility index (Phi) is 10.4. The molecule has 6 nitrogen and oxygen atoms in total. The minimum absolute atomic E-state index is 0.0431. The molecule has 3 aromatic carbocycles. The number of carbonyl (C=O) groups is 1. The average molecular weight is 620 g/mol. The molecule has 0 saturated carbocycles. The van der Waals surface area contributed by atoms with Crippen molar-refractivity contribution in [3.05, 3.63) is 107 Å². The smallest absolute Gasteiger partial charge is 0.230 e. The Morgan fingerprint density at radius 1 is 1.00 bits per heavy atom. The summed E-state index contributed by atoms with van der Waals surface area (Å²) in [6, 6.07) is 22.9. The highest BCUT2D eigenvalue weighted by Gasteiger charge is 2.30. The van der Waals surface area contributed by atoms with Gasteiger partial charge in [-0.3, -0.25) is 4.79 Å². The number of benzene rings is 3. The van der Waals surface area contributed by atoms with Crippen molar-refractivity contribution in [3.63, 3.8) is 0 Å². The van der Waals surface area contributed by atoms with E-state index in [-0.39, 0.29) is 12.0 Å². The number of ether oxygens (including phenoxy) is 2. The maximum atomic E-state index is 13.5. The van der Waals surface area contributed by atoms with Gasteiger partial charge >= 0.3 is 0 Å². The van der Waals surface area contributed by atoms with Crippen LogP contribution >= 0.6 is 0 Å². The molecule has 1 aromatic heterocycles. The normalized spacial score (nSPS) is 14.5. The van der Waals surface area contributed by atoms with Crippen molar-refractivity contribution >= 4 is 23.2 Å². The number of para-hydroxylation sites is 1. The molecule has 1 N–H and O–H groups in total. The molecule has 0 bridgehead atoms. The lowest BCUT2D eigenvalue weighted by molar-refractivity contribution is -0.124. The number of aryl methyl sites for hydroxylation is 2. The van der Waals surface area contributed by atoms with E-state index in [0.29, 0.717) is 24.9 Å². The van der Waals surface area contributed by atoms with Crippen LogP contribution in [0.1, 0.15) is 101 Å². The van der Waals surface area contributed by atoms with Gasteiger partial charge in [-0.2, -0.15) is 0 Å². The fourth-order valence-corrected chi connectivity index (χ4v) is 6.11. The van der Waals surface area contributed by atoms with Gasteiger partial charge in [0, 0.05) is 47.7 Å². The molecule has 4 aromatic rings. The van der Waals surface area contributed by atoms with Gasteiger partial charge in [0.05, 0.1) is 6.61 Å². The Balaban J connectivity index is 1.22. The fourth-order valence-electron chi connectivity index (χ4n) is 6.11. The van der Waals surface area contributed by atoms with Gasteiger partial charge in [-0.05, 0) is 72.4 Å². The summed E-state index contributed by atoms with van der Waals surface area (Å²) in [6.45, 7) is 13.2. The number of amides is 1. The van der Waals surface area contributed by atoms with Gasteiger partial charge in [0.1, 0.15) is 23.4 Å². The Morgan fingerprint density at radius 3 is 2.37 bits per heavy atom. The van der Waals surface area contributed by atoms with Crippen LogP contribution in [0.4, 0.5) is 5.69 Å². The molecule has 0 fully saturated rings. The monoisotopic (exact) mass is 619 g/mol. The van der Waals surface area contributed by atoms with Crippen molar-refractivity contribution in [2.75, 3.05) is 11.9 Å². The highest BCUT2D eigenvalue weighted by Crippen LogP contribution is 2.38. The second kappa shape index (κ2) is 14.4. The largest absolute Gasteiger partial charge is 0.493 e. The predicted octanol–water partition coefficient (Wildman–Crippen LogP) is 9.43. The molecular formula is C40H49N3O3. The van der Waals surface area contributed by atoms with Crippen LogP contribution in [-0.4, -0.2) is 28.2 Å². The lowest BCUT2D eigenvalue weighted by Crippen LogP contribution is -2.32. The summed E-state index contributed by atoms with van der Waals surface area (Å²) in [5.74, 6) is 3.19. The summed E-state index contributed by atoms with van der Waals surface area (Å²) in [4.78, 5) is 18.2. The van der Waals surface area contributed by atoms with Crippen LogP contribution in [0, 0.1) is 5.41 Å². The van der Waals surface area contributed by atoms with Gasteiger partial charge < -0.3 is 19.4 Å². The fraction of sp³-hybridized carbons (Fsp3) is 0.400. The average Bonchev–Trinajstić information content (AvgIpc) is 3.47. The summed E-state index contributed by atoms with van der Waals surface area (Å²) in [5.41, 5.74) is 6.17. The van der Waals surface area contributed by atoms with E-state index in [1.807, 2.05) is 56.1 Å². The first kappa shape index (κ1) is 33.1. The van der Waals surface area contributed by atoms with E-state index >= 15 is 0 Å². The molecule has 46 heavy (non-hydrogen) atoms. The van der Waals surface area contributed by atoms with Crippen molar-refractivity contribution in [2.24, 2.45) is 12.5 Å². The van der Waals surface area contributed by atoms with E-state index in [4.69, 9.17) is 9.47 Å². The lowest BCUT2D eigenvalue weighted by Gasteiger charge is -2.28. The standard InChI is InChI=1S/C40H49N3O3/c1-27(2)32-15-11-16-33(28(3)4)37(32)42-39(44)40(5,6)21-12-24-45-31-19-18-30-25-34(38-41-22-23-43(38)7)35(46-36(30)26-31)20-17-29-13-9-8-10-14-29/h8-11,13-16,18-19,22-23,25-28,35H,12,17,20-21,24H2,1-7H3,(H,42,44). The third kappa shape index (κ3) is 7.72. The number of fused-ring (bicyclic) bond motifs is 1. The van der Waals surface area contributed by atoms with Gasteiger partial charge in [-0.15, -0.1) is 0 Å². The number of hydrogen-bond acceptors (Lipinski definition) is 4. The quantitative estimate of drug-likeness (QED) is 0.151. The van der Waals surface area contributed by atoms with Gasteiger partial charge in [-0.1, -0.05) is 90.1 Å². The van der Waals surface area contributed by atoms with Crippen molar-refractivity contribution in [1.82, 2.24) is 9.55 Å². The van der Waals surface area contributed by atoms with E-state index in [0.717, 1.165) is 53.4 Å². The maximum absolute atomic E-state index is 13.5. The molecule has 0 spiro atoms. The molecule has 1 atom stereocenters. The van der Waals surface area contributed by atoms with Gasteiger partial charge in [0.15, 0.2) is 0 Å². The molecule has 0 radical (unpaired) electrons. The van der Waals surface area contributed by atoms with E-state index < -0.39 is 5.41 Å². The van der Waals surface area contributed by atoms with Crippen LogP contribution in [0.15, 0.2) is 79.1 Å². The molecular weight excluding hydrogens is 570 g/mol. The van der Waals surface area contributed by atoms with Crippen LogP contribution in [0.25, 0.3) is 11.6 Å². The molecule has 1 amide bonds. The topological polar surface area (TPSA) is 65.4 Å². The van der Waals surface area contributed by atoms with E-state index in [1.54, 1.807) is 0 Å². The Bertz CT molecular complexity index is 1640. The van der Waals surface area contributed by atoms with Crippen LogP contribution < -0.4 is 14.8 Å². The molecule has 6 heteroatoms. The van der Waals surface area contributed by atoms with Crippen LogP contribution in [0.2, 0.25) is 0 Å². The maximum Gasteiger partial charge on any atom is 0.230 e. The summed E-state index contributed by atoms with van der Waals surface area (Å²) >= 11 is 0. The van der Waals surface area contributed by atoms with Crippen LogP contribution in [-0.2, 0) is 18.3 Å². The summed E-state index contributed by atoms with van der Waals surface area (Å²) < 4.78 is 14.9. The summed E-state index contributed by atoms with van der Waals surface area (Å²) in [5, 5.41) is 3.31. The van der Waals surface area contributed by atoms with Gasteiger partial charge in [-0.25, -0.2) is 4.98 Å². The number of nitrogens with one attached hydrogen (secondary N) is 1. The van der Waals surface area contributed by atoms with Crippen molar-refractivity contribution in [3.8, 4) is 11.5 Å². The Labute approximate surface area is 274 Å². The molecule has 2 heterocycles. The van der Waals surface area contributed by atoms with E-state index in [2.05, 4.69) is 92.6 Å². The Morgan fingerprint density at radius 2 is 1.72 bits per heavy atom. The van der Waals surface area contributed by atoms with Gasteiger partial charge in [0.2, 0.25) is 5.91 Å². The first-order valence-electron chi connectivity index (χ1n) is 16.6. The second-order valence-corrected chi connectivity index (χ2v) is 13.7. The molecule has 1 aliphatic rings. The first-order chi connectivity index (χ1) is 22.0. The number of anilines is 1. The zero-order valence-electron chi connectivity index (χ0n) is 28.5. The minimum atomic E-state index is -0.543. The third-order valence-corrected chi connectivity index (χ3v) is 8.97. The number of nitrogens with zero attached hydrogens (tertiary/aromatic N) is 2. The molecule has 242 valence electrons. The number of imidazole rings is 1. The van der Waals surface area contributed by atoms with Gasteiger partial charge in [0.25, 0.3) is 0 Å². The summed E-state index contributed by atoms with van der Waals surface area (Å²) in [7, 11) is 2.02. The number of aromatic nitrogens is 2. The van der Waals surface area contributed by atoms with E-state index in [1.165, 1.54) is 16.7 Å². The van der Waals surface area contributed by atoms with Crippen molar-refractivity contribution in [2.45, 2.75) is 85.2 Å². The highest BCUT2D eigenvalue weighted by atomic mass is 16.5. The molecule has 1 unspecified atom stereocenters. The first-order valence-corrected chi connectivity index (χ1v) is 16.6. The zero-order valence-corrected chi connectivity index (χ0v) is 28.5. The highest BCUT2D eigenvalue weighted by molar-refractivity contribution is 5.96. The van der Waals surface area contributed by atoms with Crippen molar-refractivity contribution < 1.29 is 14.3 Å². The molecule has 0 aliphatic carbocycles. The number of carbonyl (C=O) groups excluding carboxylic acids is 1. The van der Waals surface area contributed by atoms with E-state index in [9.17, 15) is 4.79 Å². The summed E-state index contributed by atoms with van der Waals surface area (Å²) in [6.07, 6.45) is 9.08. The predicted molar refractivity (Wildman–Crippen MR) is 188 cm³/mol. The number of hydrogen-bond donors (Lipinski definition) is 1. The minimum Gasteiger partial charge on any atom is -0.493 e. The van der Waals surface area contributed by atoms with Crippen LogP contribution in [0.5, 0.6) is 11.5 Å². The number of rotatable bonds is 13. The second-order valence-electron chi connectivity index (χ2n) is 13.7. The third-order valence-electron chi connectivity index (χ3n) is 8.97. The van der Waals surface area contributed by atoms with Crippen LogP contribution in [0.3, 0.4) is 0 Å². The molecule has 5 rings (SSSR count). The zero-order chi connectivity index (χ0) is 32.8. The lowest BCUT2D eigenvalue weighted by atomic mass is 9.86. The Hall–Kier alpha value is -4.32.